The minimum Gasteiger partial charge on any atom is -0.466 e. The summed E-state index contributed by atoms with van der Waals surface area (Å²) in [6, 6.07) is 13.9. The third-order valence-corrected chi connectivity index (χ3v) is 3.22. The van der Waals surface area contributed by atoms with Gasteiger partial charge in [-0.2, -0.15) is 0 Å². The Morgan fingerprint density at radius 1 is 1.17 bits per heavy atom. The van der Waals surface area contributed by atoms with Crippen LogP contribution in [0.2, 0.25) is 0 Å². The molecule has 23 heavy (non-hydrogen) atoms. The first kappa shape index (κ1) is 17.0. The van der Waals surface area contributed by atoms with Crippen molar-refractivity contribution in [2.45, 2.75) is 26.1 Å². The molecule has 2 aliphatic carbocycles. The van der Waals surface area contributed by atoms with Crippen molar-refractivity contribution in [2.75, 3.05) is 6.61 Å². The molecule has 0 spiro atoms. The second-order valence-electron chi connectivity index (χ2n) is 5.40. The van der Waals surface area contributed by atoms with Crippen molar-refractivity contribution in [2.24, 2.45) is 0 Å². The SMILES string of the molecule is CC(=O)OCCC(C)(O)Oc1cccc(F)c1.c1cc2ccc1=2. The Kier molecular flexibility index (Phi) is 5.34. The molecule has 1 unspecified atom stereocenters. The van der Waals surface area contributed by atoms with Crippen LogP contribution in [-0.4, -0.2) is 23.5 Å². The van der Waals surface area contributed by atoms with Crippen molar-refractivity contribution in [3.63, 3.8) is 0 Å². The van der Waals surface area contributed by atoms with Gasteiger partial charge in [-0.15, -0.1) is 0 Å². The Labute approximate surface area is 133 Å². The predicted octanol–water partition coefficient (Wildman–Crippen LogP) is 3.15. The van der Waals surface area contributed by atoms with Crippen LogP contribution in [0.3, 0.4) is 0 Å². The topological polar surface area (TPSA) is 55.8 Å². The maximum absolute atomic E-state index is 12.9. The smallest absolute Gasteiger partial charge is 0.302 e. The summed E-state index contributed by atoms with van der Waals surface area (Å²) in [4.78, 5) is 10.5. The van der Waals surface area contributed by atoms with Crippen molar-refractivity contribution >= 4 is 5.97 Å². The fraction of sp³-hybridized carbons (Fsp3) is 0.278. The van der Waals surface area contributed by atoms with Crippen LogP contribution in [0, 0.1) is 16.3 Å². The molecule has 0 aromatic heterocycles. The van der Waals surface area contributed by atoms with Crippen LogP contribution in [0.1, 0.15) is 20.3 Å². The molecule has 2 aliphatic rings. The number of aliphatic hydroxyl groups is 1. The van der Waals surface area contributed by atoms with Crippen LogP contribution < -0.4 is 4.74 Å². The van der Waals surface area contributed by atoms with Gasteiger partial charge in [-0.3, -0.25) is 4.79 Å². The highest BCUT2D eigenvalue weighted by molar-refractivity contribution is 5.65. The molecule has 0 saturated heterocycles. The van der Waals surface area contributed by atoms with Gasteiger partial charge in [-0.1, -0.05) is 30.3 Å². The molecule has 0 amide bonds. The largest absolute Gasteiger partial charge is 0.466 e. The van der Waals surface area contributed by atoms with Gasteiger partial charge in [0.1, 0.15) is 11.6 Å². The lowest BCUT2D eigenvalue weighted by molar-refractivity contribution is -0.153. The number of ether oxygens (including phenoxy) is 2. The van der Waals surface area contributed by atoms with E-state index in [0.29, 0.717) is 0 Å². The molecule has 1 N–H and O–H groups in total. The van der Waals surface area contributed by atoms with Crippen LogP contribution in [0.25, 0.3) is 0 Å². The number of hydrogen-bond donors (Lipinski definition) is 1. The number of carbonyl (C=O) groups is 1. The highest BCUT2D eigenvalue weighted by Gasteiger charge is 2.22. The Hall–Kier alpha value is -2.40. The van der Waals surface area contributed by atoms with Crippen molar-refractivity contribution in [3.8, 4) is 5.75 Å². The number of hydrogen-bond acceptors (Lipinski definition) is 4. The lowest BCUT2D eigenvalue weighted by Gasteiger charge is -2.24. The van der Waals surface area contributed by atoms with Gasteiger partial charge in [-0.05, 0) is 22.6 Å². The van der Waals surface area contributed by atoms with Crippen LogP contribution in [0.5, 0.6) is 5.75 Å². The van der Waals surface area contributed by atoms with Crippen LogP contribution in [-0.2, 0) is 9.53 Å². The van der Waals surface area contributed by atoms with Gasteiger partial charge in [0, 0.05) is 26.3 Å². The third-order valence-electron chi connectivity index (χ3n) is 3.22. The summed E-state index contributed by atoms with van der Waals surface area (Å²) in [5.74, 6) is -2.16. The van der Waals surface area contributed by atoms with E-state index in [9.17, 15) is 14.3 Å². The molecule has 1 aromatic rings. The highest BCUT2D eigenvalue weighted by atomic mass is 19.1. The molecular formula is C18H19FO4. The minimum absolute atomic E-state index is 0.0393. The lowest BCUT2D eigenvalue weighted by Crippen LogP contribution is -2.33. The van der Waals surface area contributed by atoms with Crippen molar-refractivity contribution in [1.29, 1.82) is 0 Å². The fourth-order valence-corrected chi connectivity index (χ4v) is 1.88. The molecule has 5 heteroatoms. The summed E-state index contributed by atoms with van der Waals surface area (Å²) in [6.07, 6.45) is 0.100. The Morgan fingerprint density at radius 2 is 1.78 bits per heavy atom. The number of rotatable bonds is 5. The molecule has 0 radical (unpaired) electrons. The molecule has 122 valence electrons. The zero-order valence-electron chi connectivity index (χ0n) is 13.1. The monoisotopic (exact) mass is 318 g/mol. The molecule has 0 fully saturated rings. The van der Waals surface area contributed by atoms with E-state index in [-0.39, 0.29) is 18.8 Å². The summed E-state index contributed by atoms with van der Waals surface area (Å²) in [6.45, 7) is 2.74. The molecule has 0 bridgehead atoms. The van der Waals surface area contributed by atoms with E-state index in [1.807, 2.05) is 0 Å². The van der Waals surface area contributed by atoms with E-state index in [0.717, 1.165) is 0 Å². The molecule has 0 saturated carbocycles. The van der Waals surface area contributed by atoms with E-state index in [1.165, 1.54) is 48.6 Å². The highest BCUT2D eigenvalue weighted by Crippen LogP contribution is 2.20. The third kappa shape index (κ3) is 5.38. The quantitative estimate of drug-likeness (QED) is 0.580. The summed E-state index contributed by atoms with van der Waals surface area (Å²) < 4.78 is 22.7. The number of benzene rings is 2. The zero-order valence-corrected chi connectivity index (χ0v) is 13.1. The minimum atomic E-state index is -1.51. The Morgan fingerprint density at radius 3 is 2.22 bits per heavy atom. The van der Waals surface area contributed by atoms with Crippen molar-refractivity contribution < 1.29 is 23.8 Å². The molecule has 4 nitrogen and oxygen atoms in total. The maximum atomic E-state index is 12.9. The van der Waals surface area contributed by atoms with Gasteiger partial charge >= 0.3 is 5.97 Å². The average Bonchev–Trinajstić information content (AvgIpc) is 2.42. The predicted molar refractivity (Wildman–Crippen MR) is 83.0 cm³/mol. The van der Waals surface area contributed by atoms with Gasteiger partial charge in [-0.25, -0.2) is 4.39 Å². The van der Waals surface area contributed by atoms with Gasteiger partial charge in [0.15, 0.2) is 0 Å². The molecule has 3 rings (SSSR count). The number of esters is 1. The lowest BCUT2D eigenvalue weighted by atomic mass is 10.1. The normalized spacial score (nSPS) is 13.2. The molecule has 0 aliphatic heterocycles. The Balaban J connectivity index is 0.000000260. The fourth-order valence-electron chi connectivity index (χ4n) is 1.88. The first-order valence-electron chi connectivity index (χ1n) is 7.26. The van der Waals surface area contributed by atoms with Gasteiger partial charge < -0.3 is 14.6 Å². The van der Waals surface area contributed by atoms with E-state index < -0.39 is 17.6 Å². The van der Waals surface area contributed by atoms with Gasteiger partial charge in [0.05, 0.1) is 6.61 Å². The van der Waals surface area contributed by atoms with E-state index >= 15 is 0 Å². The Bertz CT molecular complexity index is 720. The molecular weight excluding hydrogens is 299 g/mol. The number of halogens is 1. The van der Waals surface area contributed by atoms with E-state index in [4.69, 9.17) is 4.74 Å². The summed E-state index contributed by atoms with van der Waals surface area (Å²) >= 11 is 0. The van der Waals surface area contributed by atoms with Crippen LogP contribution in [0.15, 0.2) is 48.5 Å². The van der Waals surface area contributed by atoms with E-state index in [1.54, 1.807) is 0 Å². The maximum Gasteiger partial charge on any atom is 0.302 e. The van der Waals surface area contributed by atoms with Crippen LogP contribution >= 0.6 is 0 Å². The summed E-state index contributed by atoms with van der Waals surface area (Å²) in [5, 5.41) is 12.7. The molecule has 0 heterocycles. The summed E-state index contributed by atoms with van der Waals surface area (Å²) in [5.41, 5.74) is 0. The zero-order chi connectivity index (χ0) is 16.9. The van der Waals surface area contributed by atoms with Crippen molar-refractivity contribution in [1.82, 2.24) is 0 Å². The standard InChI is InChI=1S/C12H15FO4.C6H4/c1-9(14)16-7-6-12(2,15)17-11-5-3-4-10(13)8-11;1-2-6-4-3-5(1)6/h3-5,8,15H,6-7H2,1-2H3;1-4H. The first-order chi connectivity index (χ1) is 10.9. The second-order valence-corrected chi connectivity index (χ2v) is 5.40. The van der Waals surface area contributed by atoms with E-state index in [2.05, 4.69) is 29.0 Å². The van der Waals surface area contributed by atoms with Crippen LogP contribution in [0.4, 0.5) is 4.39 Å². The number of carbonyl (C=O) groups excluding carboxylic acids is 1. The van der Waals surface area contributed by atoms with Crippen molar-refractivity contribution in [3.05, 3.63) is 64.8 Å². The molecule has 1 atom stereocenters. The first-order valence-corrected chi connectivity index (χ1v) is 7.26. The van der Waals surface area contributed by atoms with Gasteiger partial charge in [0.25, 0.3) is 0 Å². The van der Waals surface area contributed by atoms with Gasteiger partial charge in [0.2, 0.25) is 5.79 Å². The second kappa shape index (κ2) is 7.24. The molecule has 1 aromatic carbocycles. The summed E-state index contributed by atoms with van der Waals surface area (Å²) in [7, 11) is 0. The average molecular weight is 318 g/mol.